The minimum atomic E-state index is 0.572. The Balaban J connectivity index is 1.17. The van der Waals surface area contributed by atoms with Crippen LogP contribution in [0.25, 0.3) is 109 Å². The van der Waals surface area contributed by atoms with E-state index in [0.717, 1.165) is 49.6 Å². The quantitative estimate of drug-likeness (QED) is 0.174. The van der Waals surface area contributed by atoms with Crippen molar-refractivity contribution in [1.82, 2.24) is 15.0 Å². The molecule has 0 atom stereocenters. The monoisotopic (exact) mass is 681 g/mol. The first-order valence-electron chi connectivity index (χ1n) is 17.4. The van der Waals surface area contributed by atoms with Crippen LogP contribution in [0.15, 0.2) is 168 Å². The summed E-state index contributed by atoms with van der Waals surface area (Å²) in [6.07, 6.45) is 0. The summed E-state index contributed by atoms with van der Waals surface area (Å²) in [6, 6.07) is 57.4. The number of hydrogen-bond donors (Lipinski definition) is 0. The lowest BCUT2D eigenvalue weighted by molar-refractivity contribution is 0.669. The normalized spacial score (nSPS) is 11.8. The smallest absolute Gasteiger partial charge is 0.167 e. The first-order chi connectivity index (χ1) is 25.8. The predicted molar refractivity (Wildman–Crippen MR) is 217 cm³/mol. The summed E-state index contributed by atoms with van der Waals surface area (Å²) in [4.78, 5) is 15.7. The Morgan fingerprint density at radius 1 is 0.385 bits per heavy atom. The molecule has 52 heavy (non-hydrogen) atoms. The molecule has 0 N–H and O–H groups in total. The van der Waals surface area contributed by atoms with E-state index in [0.29, 0.717) is 17.5 Å². The van der Waals surface area contributed by atoms with Crippen LogP contribution in [0.2, 0.25) is 0 Å². The topological polar surface area (TPSA) is 51.8 Å². The van der Waals surface area contributed by atoms with Crippen LogP contribution in [0.1, 0.15) is 0 Å². The third-order valence-electron chi connectivity index (χ3n) is 10.1. The number of rotatable bonds is 4. The standard InChI is InChI=1S/C47H27N3OS/c1-2-15-32-28(11-1)25-26-29-12-8-18-33(42(29)32)30-13-7-14-31(27-30)45-48-46(37-20-10-24-41-43(37)36-17-4-6-23-40(36)52-41)50-47(49-45)38-21-9-19-35-34-16-3-5-22-39(34)51-44(35)38/h1-27H. The third kappa shape index (κ3) is 4.50. The molecule has 8 aromatic carbocycles. The van der Waals surface area contributed by atoms with Crippen molar-refractivity contribution >= 4 is 75.0 Å². The fraction of sp³-hybridized carbons (Fsp3) is 0. The zero-order chi connectivity index (χ0) is 34.2. The number of fused-ring (bicyclic) bond motifs is 9. The molecular weight excluding hydrogens is 655 g/mol. The van der Waals surface area contributed by atoms with Gasteiger partial charge >= 0.3 is 0 Å². The van der Waals surface area contributed by atoms with Gasteiger partial charge in [0, 0.05) is 42.1 Å². The largest absolute Gasteiger partial charge is 0.455 e. The highest BCUT2D eigenvalue weighted by atomic mass is 32.1. The van der Waals surface area contributed by atoms with E-state index < -0.39 is 0 Å². The van der Waals surface area contributed by atoms with E-state index in [1.54, 1.807) is 11.3 Å². The molecule has 11 aromatic rings. The lowest BCUT2D eigenvalue weighted by Crippen LogP contribution is -2.01. The second-order valence-corrected chi connectivity index (χ2v) is 14.2. The molecule has 0 unspecified atom stereocenters. The molecule has 0 amide bonds. The molecule has 0 saturated carbocycles. The number of nitrogens with zero attached hydrogens (tertiary/aromatic N) is 3. The van der Waals surface area contributed by atoms with Gasteiger partial charge in [0.05, 0.1) is 5.56 Å². The van der Waals surface area contributed by atoms with Crippen molar-refractivity contribution in [3.05, 3.63) is 164 Å². The van der Waals surface area contributed by atoms with E-state index in [2.05, 4.69) is 140 Å². The lowest BCUT2D eigenvalue weighted by Gasteiger charge is -2.13. The van der Waals surface area contributed by atoms with Crippen LogP contribution in [-0.2, 0) is 0 Å². The molecule has 0 aliphatic rings. The lowest BCUT2D eigenvalue weighted by atomic mass is 9.93. The van der Waals surface area contributed by atoms with Crippen molar-refractivity contribution in [3.63, 3.8) is 0 Å². The summed E-state index contributed by atoms with van der Waals surface area (Å²) in [7, 11) is 0. The van der Waals surface area contributed by atoms with Gasteiger partial charge in [0.1, 0.15) is 11.2 Å². The molecule has 0 aliphatic carbocycles. The minimum Gasteiger partial charge on any atom is -0.455 e. The van der Waals surface area contributed by atoms with Crippen molar-refractivity contribution < 1.29 is 4.42 Å². The maximum absolute atomic E-state index is 6.50. The van der Waals surface area contributed by atoms with Crippen LogP contribution < -0.4 is 0 Å². The van der Waals surface area contributed by atoms with E-state index in [1.807, 2.05) is 24.3 Å². The maximum Gasteiger partial charge on any atom is 0.167 e. The molecule has 0 fully saturated rings. The van der Waals surface area contributed by atoms with Crippen LogP contribution in [-0.4, -0.2) is 15.0 Å². The molecule has 3 heterocycles. The van der Waals surface area contributed by atoms with Gasteiger partial charge < -0.3 is 4.42 Å². The van der Waals surface area contributed by atoms with Gasteiger partial charge in [-0.15, -0.1) is 11.3 Å². The Morgan fingerprint density at radius 3 is 1.94 bits per heavy atom. The molecular formula is C47H27N3OS. The van der Waals surface area contributed by atoms with Crippen LogP contribution in [0.5, 0.6) is 0 Å². The van der Waals surface area contributed by atoms with Crippen molar-refractivity contribution in [2.75, 3.05) is 0 Å². The Bertz CT molecular complexity index is 3210. The van der Waals surface area contributed by atoms with Crippen LogP contribution in [0.3, 0.4) is 0 Å². The Labute approximate surface area is 302 Å². The summed E-state index contributed by atoms with van der Waals surface area (Å²) in [5.41, 5.74) is 6.61. The molecule has 11 rings (SSSR count). The molecule has 0 bridgehead atoms. The number of benzene rings is 8. The van der Waals surface area contributed by atoms with Crippen LogP contribution in [0, 0.1) is 0 Å². The molecule has 5 heteroatoms. The van der Waals surface area contributed by atoms with Gasteiger partial charge in [-0.3, -0.25) is 0 Å². The molecule has 0 spiro atoms. The Hall–Kier alpha value is -6.69. The SMILES string of the molecule is c1cc(-c2nc(-c3cccc4c3oc3ccccc34)nc(-c3cccc4sc5ccccc5c34)n2)cc(-c2cccc3ccc4ccccc4c23)c1. The number of para-hydroxylation sites is 2. The maximum atomic E-state index is 6.50. The first kappa shape index (κ1) is 29.1. The minimum absolute atomic E-state index is 0.572. The van der Waals surface area contributed by atoms with Gasteiger partial charge in [0.25, 0.3) is 0 Å². The van der Waals surface area contributed by atoms with Gasteiger partial charge in [-0.2, -0.15) is 0 Å². The predicted octanol–water partition coefficient (Wildman–Crippen LogP) is 13.1. The summed E-state index contributed by atoms with van der Waals surface area (Å²) in [5, 5.41) is 9.37. The van der Waals surface area contributed by atoms with Crippen molar-refractivity contribution in [1.29, 1.82) is 0 Å². The highest BCUT2D eigenvalue weighted by molar-refractivity contribution is 7.25. The molecule has 0 saturated heterocycles. The van der Waals surface area contributed by atoms with Gasteiger partial charge in [0.2, 0.25) is 0 Å². The van der Waals surface area contributed by atoms with Crippen molar-refractivity contribution in [2.24, 2.45) is 0 Å². The number of hydrogen-bond acceptors (Lipinski definition) is 5. The summed E-state index contributed by atoms with van der Waals surface area (Å²) in [6.45, 7) is 0. The van der Waals surface area contributed by atoms with Gasteiger partial charge in [-0.1, -0.05) is 133 Å². The summed E-state index contributed by atoms with van der Waals surface area (Å²) >= 11 is 1.79. The third-order valence-corrected chi connectivity index (χ3v) is 11.3. The fourth-order valence-electron chi connectivity index (χ4n) is 7.76. The number of furan rings is 1. The molecule has 0 radical (unpaired) electrons. The van der Waals surface area contributed by atoms with E-state index in [9.17, 15) is 0 Å². The Morgan fingerprint density at radius 2 is 1.00 bits per heavy atom. The number of aromatic nitrogens is 3. The fourth-order valence-corrected chi connectivity index (χ4v) is 8.89. The molecule has 242 valence electrons. The second-order valence-electron chi connectivity index (χ2n) is 13.1. The van der Waals surface area contributed by atoms with Gasteiger partial charge in [-0.25, -0.2) is 15.0 Å². The summed E-state index contributed by atoms with van der Waals surface area (Å²) in [5.74, 6) is 1.81. The van der Waals surface area contributed by atoms with E-state index in [-0.39, 0.29) is 0 Å². The highest BCUT2D eigenvalue weighted by Crippen LogP contribution is 2.41. The second kappa shape index (κ2) is 11.4. The van der Waals surface area contributed by atoms with Crippen LogP contribution >= 0.6 is 11.3 Å². The zero-order valence-corrected chi connectivity index (χ0v) is 28.6. The van der Waals surface area contributed by atoms with Crippen molar-refractivity contribution in [3.8, 4) is 45.3 Å². The molecule has 4 nitrogen and oxygen atoms in total. The Kier molecular flexibility index (Phi) is 6.39. The zero-order valence-electron chi connectivity index (χ0n) is 27.7. The number of thiophene rings is 1. The average molecular weight is 682 g/mol. The highest BCUT2D eigenvalue weighted by Gasteiger charge is 2.20. The van der Waals surface area contributed by atoms with Crippen molar-refractivity contribution in [2.45, 2.75) is 0 Å². The van der Waals surface area contributed by atoms with E-state index in [1.165, 1.54) is 41.9 Å². The molecule has 3 aromatic heterocycles. The summed E-state index contributed by atoms with van der Waals surface area (Å²) < 4.78 is 8.94. The average Bonchev–Trinajstić information content (AvgIpc) is 3.79. The van der Waals surface area contributed by atoms with E-state index in [4.69, 9.17) is 19.4 Å². The van der Waals surface area contributed by atoms with Gasteiger partial charge in [0.15, 0.2) is 17.5 Å². The van der Waals surface area contributed by atoms with Gasteiger partial charge in [-0.05, 0) is 63.0 Å². The first-order valence-corrected chi connectivity index (χ1v) is 18.2. The van der Waals surface area contributed by atoms with E-state index >= 15 is 0 Å². The molecule has 0 aliphatic heterocycles. The van der Waals surface area contributed by atoms with Crippen LogP contribution in [0.4, 0.5) is 0 Å².